The number of carbonyl (C=O) groups excluding carboxylic acids is 1. The number of ketones is 1. The van der Waals surface area contributed by atoms with Crippen LogP contribution in [0, 0.1) is 12.3 Å². The molecule has 0 bridgehead atoms. The van der Waals surface area contributed by atoms with Crippen LogP contribution in [0.1, 0.15) is 54.0 Å². The molecule has 0 aliphatic heterocycles. The minimum Gasteiger partial charge on any atom is -0.485 e. The molecular weight excluding hydrogens is 434 g/mol. The molecule has 3 aromatic carbocycles. The summed E-state index contributed by atoms with van der Waals surface area (Å²) in [4.78, 5) is 29.6. The fraction of sp³-hybridized carbons (Fsp3) is 0.296. The standard InChI is InChI=1S/C27H27NO4S/c1-4-27(3,26(30)31)14-13-22(29)20-15-17(2)18-9-5-6-10-19(18)25(20)32-16-24-28-21-11-7-8-12-23(21)33-24/h5-12,15H,4,13-14,16H2,1-3H3,(H,30,31)/t27-/m1/s1. The summed E-state index contributed by atoms with van der Waals surface area (Å²) in [6.45, 7) is 5.77. The number of ether oxygens (including phenoxy) is 1. The van der Waals surface area contributed by atoms with E-state index in [1.165, 1.54) is 0 Å². The Balaban J connectivity index is 1.67. The van der Waals surface area contributed by atoms with Gasteiger partial charge >= 0.3 is 5.97 Å². The molecule has 1 aromatic heterocycles. The van der Waals surface area contributed by atoms with E-state index in [9.17, 15) is 14.7 Å². The van der Waals surface area contributed by atoms with E-state index in [1.807, 2.05) is 68.4 Å². The van der Waals surface area contributed by atoms with Crippen LogP contribution in [-0.4, -0.2) is 21.8 Å². The van der Waals surface area contributed by atoms with Gasteiger partial charge in [0.05, 0.1) is 21.2 Å². The number of hydrogen-bond acceptors (Lipinski definition) is 5. The van der Waals surface area contributed by atoms with Gasteiger partial charge in [-0.15, -0.1) is 11.3 Å². The highest BCUT2D eigenvalue weighted by Crippen LogP contribution is 2.36. The number of nitrogens with zero attached hydrogens (tertiary/aromatic N) is 1. The molecule has 1 heterocycles. The number of aryl methyl sites for hydroxylation is 1. The van der Waals surface area contributed by atoms with Crippen molar-refractivity contribution >= 4 is 44.1 Å². The van der Waals surface area contributed by atoms with Crippen molar-refractivity contribution in [1.82, 2.24) is 4.98 Å². The number of benzene rings is 3. The molecule has 4 aromatic rings. The Morgan fingerprint density at radius 3 is 2.48 bits per heavy atom. The lowest BCUT2D eigenvalue weighted by Gasteiger charge is -2.22. The van der Waals surface area contributed by atoms with Crippen molar-refractivity contribution in [3.8, 4) is 5.75 Å². The van der Waals surface area contributed by atoms with E-state index in [2.05, 4.69) is 4.98 Å². The summed E-state index contributed by atoms with van der Waals surface area (Å²) in [6, 6.07) is 17.7. The van der Waals surface area contributed by atoms with Crippen LogP contribution in [0.3, 0.4) is 0 Å². The predicted molar refractivity (Wildman–Crippen MR) is 132 cm³/mol. The van der Waals surface area contributed by atoms with Gasteiger partial charge in [0.1, 0.15) is 17.4 Å². The Kier molecular flexibility index (Phi) is 6.47. The van der Waals surface area contributed by atoms with E-state index in [-0.39, 0.29) is 25.2 Å². The number of hydrogen-bond donors (Lipinski definition) is 1. The molecule has 170 valence electrons. The number of rotatable bonds is 9. The number of thiazole rings is 1. The normalized spacial score (nSPS) is 13.2. The Morgan fingerprint density at radius 2 is 1.79 bits per heavy atom. The molecule has 0 fully saturated rings. The fourth-order valence-electron chi connectivity index (χ4n) is 3.97. The molecule has 1 N–H and O–H groups in total. The number of aromatic nitrogens is 1. The highest BCUT2D eigenvalue weighted by Gasteiger charge is 2.32. The van der Waals surface area contributed by atoms with Gasteiger partial charge in [0.25, 0.3) is 0 Å². The molecule has 0 unspecified atom stereocenters. The first-order valence-corrected chi connectivity index (χ1v) is 11.9. The predicted octanol–water partition coefficient (Wildman–Crippen LogP) is 6.80. The summed E-state index contributed by atoms with van der Waals surface area (Å²) >= 11 is 1.57. The minimum absolute atomic E-state index is 0.107. The van der Waals surface area contributed by atoms with Gasteiger partial charge in [0.2, 0.25) is 0 Å². The van der Waals surface area contributed by atoms with Gasteiger partial charge in [-0.1, -0.05) is 43.3 Å². The Morgan fingerprint density at radius 1 is 1.09 bits per heavy atom. The molecule has 1 atom stereocenters. The number of carbonyl (C=O) groups is 2. The van der Waals surface area contributed by atoms with Gasteiger partial charge < -0.3 is 9.84 Å². The van der Waals surface area contributed by atoms with Crippen molar-refractivity contribution in [2.24, 2.45) is 5.41 Å². The third kappa shape index (κ3) is 4.62. The largest absolute Gasteiger partial charge is 0.485 e. The molecule has 33 heavy (non-hydrogen) atoms. The first kappa shape index (κ1) is 22.9. The lowest BCUT2D eigenvalue weighted by atomic mass is 9.81. The van der Waals surface area contributed by atoms with Gasteiger partial charge in [-0.3, -0.25) is 9.59 Å². The zero-order chi connectivity index (χ0) is 23.6. The second kappa shape index (κ2) is 9.32. The molecule has 0 saturated carbocycles. The first-order chi connectivity index (χ1) is 15.8. The summed E-state index contributed by atoms with van der Waals surface area (Å²) in [5.74, 6) is -0.446. The van der Waals surface area contributed by atoms with Crippen LogP contribution in [0.25, 0.3) is 21.0 Å². The molecule has 0 aliphatic rings. The Hall–Kier alpha value is -3.25. The van der Waals surface area contributed by atoms with Crippen LogP contribution in [0.5, 0.6) is 5.75 Å². The Labute approximate surface area is 197 Å². The van der Waals surface area contributed by atoms with Crippen molar-refractivity contribution in [2.45, 2.75) is 46.6 Å². The van der Waals surface area contributed by atoms with Crippen LogP contribution >= 0.6 is 11.3 Å². The second-order valence-electron chi connectivity index (χ2n) is 8.62. The van der Waals surface area contributed by atoms with Crippen LogP contribution in [-0.2, 0) is 11.4 Å². The van der Waals surface area contributed by atoms with Gasteiger partial charge in [0.15, 0.2) is 5.78 Å². The van der Waals surface area contributed by atoms with Gasteiger partial charge in [-0.05, 0) is 55.8 Å². The Bertz CT molecular complexity index is 1310. The summed E-state index contributed by atoms with van der Waals surface area (Å²) in [6.07, 6.45) is 0.889. The monoisotopic (exact) mass is 461 g/mol. The topological polar surface area (TPSA) is 76.5 Å². The smallest absolute Gasteiger partial charge is 0.309 e. The fourth-order valence-corrected chi connectivity index (χ4v) is 4.85. The maximum Gasteiger partial charge on any atom is 0.309 e. The van der Waals surface area contributed by atoms with Gasteiger partial charge in [-0.2, -0.15) is 0 Å². The third-order valence-electron chi connectivity index (χ3n) is 6.38. The first-order valence-electron chi connectivity index (χ1n) is 11.1. The maximum atomic E-state index is 13.3. The van der Waals surface area contributed by atoms with Crippen molar-refractivity contribution in [1.29, 1.82) is 0 Å². The molecule has 0 amide bonds. The van der Waals surface area contributed by atoms with Crippen LogP contribution in [0.4, 0.5) is 0 Å². The molecular formula is C27H27NO4S. The van der Waals surface area contributed by atoms with E-state index in [0.29, 0.717) is 17.7 Å². The van der Waals surface area contributed by atoms with Crippen molar-refractivity contribution in [3.05, 3.63) is 70.7 Å². The van der Waals surface area contributed by atoms with E-state index in [0.717, 1.165) is 31.6 Å². The van der Waals surface area contributed by atoms with Crippen molar-refractivity contribution in [3.63, 3.8) is 0 Å². The summed E-state index contributed by atoms with van der Waals surface area (Å²) < 4.78 is 7.35. The summed E-state index contributed by atoms with van der Waals surface area (Å²) in [7, 11) is 0. The van der Waals surface area contributed by atoms with E-state index < -0.39 is 11.4 Å². The molecule has 5 nitrogen and oxygen atoms in total. The second-order valence-corrected chi connectivity index (χ2v) is 9.74. The van der Waals surface area contributed by atoms with E-state index in [1.54, 1.807) is 18.3 Å². The molecule has 6 heteroatoms. The van der Waals surface area contributed by atoms with Crippen molar-refractivity contribution < 1.29 is 19.4 Å². The minimum atomic E-state index is -0.927. The number of Topliss-reactive ketones (excluding diaryl/α,β-unsaturated/α-hetero) is 1. The van der Waals surface area contributed by atoms with Crippen LogP contribution < -0.4 is 4.74 Å². The number of fused-ring (bicyclic) bond motifs is 2. The number of para-hydroxylation sites is 1. The molecule has 0 radical (unpaired) electrons. The lowest BCUT2D eigenvalue weighted by molar-refractivity contribution is -0.148. The SMILES string of the molecule is CC[C@](C)(CCC(=O)c1cc(C)c2ccccc2c1OCc1nc2ccccc2s1)C(=O)O. The zero-order valence-electron chi connectivity index (χ0n) is 19.1. The average Bonchev–Trinajstić information content (AvgIpc) is 3.24. The lowest BCUT2D eigenvalue weighted by Crippen LogP contribution is -2.27. The number of carboxylic acids is 1. The highest BCUT2D eigenvalue weighted by molar-refractivity contribution is 7.18. The van der Waals surface area contributed by atoms with Crippen LogP contribution in [0.2, 0.25) is 0 Å². The van der Waals surface area contributed by atoms with Crippen molar-refractivity contribution in [2.75, 3.05) is 0 Å². The zero-order valence-corrected chi connectivity index (χ0v) is 19.9. The number of aliphatic carboxylic acids is 1. The molecule has 4 rings (SSSR count). The maximum absolute atomic E-state index is 13.3. The van der Waals surface area contributed by atoms with E-state index >= 15 is 0 Å². The van der Waals surface area contributed by atoms with Gasteiger partial charge in [0, 0.05) is 11.8 Å². The number of carboxylic acid groups (broad SMARTS) is 1. The molecule has 0 spiro atoms. The average molecular weight is 462 g/mol. The third-order valence-corrected chi connectivity index (χ3v) is 7.39. The van der Waals surface area contributed by atoms with Gasteiger partial charge in [-0.25, -0.2) is 4.98 Å². The molecule has 0 aliphatic carbocycles. The summed E-state index contributed by atoms with van der Waals surface area (Å²) in [5.41, 5.74) is 1.48. The van der Waals surface area contributed by atoms with E-state index in [4.69, 9.17) is 4.74 Å². The van der Waals surface area contributed by atoms with Crippen LogP contribution in [0.15, 0.2) is 54.6 Å². The summed E-state index contributed by atoms with van der Waals surface area (Å²) in [5, 5.41) is 12.3. The quantitative estimate of drug-likeness (QED) is 0.277. The highest BCUT2D eigenvalue weighted by atomic mass is 32.1. The molecule has 0 saturated heterocycles.